The Morgan fingerprint density at radius 3 is 2.83 bits per heavy atom. The molecule has 0 saturated carbocycles. The summed E-state index contributed by atoms with van der Waals surface area (Å²) >= 11 is 1.83. The summed E-state index contributed by atoms with van der Waals surface area (Å²) < 4.78 is 5.28. The Morgan fingerprint density at radius 2 is 2.25 bits per heavy atom. The van der Waals surface area contributed by atoms with Crippen molar-refractivity contribution in [1.29, 1.82) is 0 Å². The summed E-state index contributed by atoms with van der Waals surface area (Å²) in [6.45, 7) is 4.19. The molecule has 0 atom stereocenters. The molecule has 0 unspecified atom stereocenters. The Bertz CT molecular complexity index is 222. The monoisotopic (exact) mass is 185 g/mol. The fourth-order valence-corrected chi connectivity index (χ4v) is 1.85. The average molecular weight is 185 g/mol. The van der Waals surface area contributed by atoms with E-state index in [1.54, 1.807) is 0 Å². The number of hydrogen-bond acceptors (Lipinski definition) is 3. The third kappa shape index (κ3) is 3.34. The van der Waals surface area contributed by atoms with E-state index in [4.69, 9.17) is 10.5 Å². The number of ether oxygens (including phenoxy) is 1. The van der Waals surface area contributed by atoms with Crippen LogP contribution in [0, 0.1) is 6.92 Å². The van der Waals surface area contributed by atoms with Crippen molar-refractivity contribution < 1.29 is 4.74 Å². The molecule has 1 heterocycles. The third-order valence-corrected chi connectivity index (χ3v) is 2.61. The molecule has 0 aliphatic carbocycles. The van der Waals surface area contributed by atoms with E-state index >= 15 is 0 Å². The number of nitrogens with two attached hydrogens (primary N) is 1. The van der Waals surface area contributed by atoms with Crippen LogP contribution in [0.2, 0.25) is 0 Å². The van der Waals surface area contributed by atoms with Gasteiger partial charge in [-0.25, -0.2) is 0 Å². The van der Waals surface area contributed by atoms with Crippen LogP contribution in [-0.2, 0) is 11.2 Å². The molecule has 12 heavy (non-hydrogen) atoms. The molecule has 1 aromatic rings. The fraction of sp³-hybridized carbons (Fsp3) is 0.556. The zero-order valence-corrected chi connectivity index (χ0v) is 8.19. The third-order valence-electron chi connectivity index (χ3n) is 1.55. The molecule has 1 aromatic heterocycles. The molecule has 2 nitrogen and oxygen atoms in total. The van der Waals surface area contributed by atoms with Gasteiger partial charge in [0, 0.05) is 22.7 Å². The first kappa shape index (κ1) is 9.71. The predicted molar refractivity (Wildman–Crippen MR) is 52.6 cm³/mol. The van der Waals surface area contributed by atoms with E-state index in [0.29, 0.717) is 13.2 Å². The molecule has 68 valence electrons. The van der Waals surface area contributed by atoms with Crippen LogP contribution in [0.4, 0.5) is 0 Å². The van der Waals surface area contributed by atoms with Crippen LogP contribution in [0.15, 0.2) is 12.1 Å². The largest absolute Gasteiger partial charge is 0.380 e. The molecule has 0 bridgehead atoms. The molecule has 0 fully saturated rings. The van der Waals surface area contributed by atoms with E-state index in [9.17, 15) is 0 Å². The maximum absolute atomic E-state index is 5.29. The molecule has 0 spiro atoms. The van der Waals surface area contributed by atoms with Crippen molar-refractivity contribution in [3.63, 3.8) is 0 Å². The van der Waals surface area contributed by atoms with Crippen LogP contribution < -0.4 is 5.73 Å². The molecule has 0 aliphatic heterocycles. The highest BCUT2D eigenvalue weighted by Gasteiger charge is 1.95. The van der Waals surface area contributed by atoms with E-state index in [-0.39, 0.29) is 0 Å². The van der Waals surface area contributed by atoms with Crippen LogP contribution in [-0.4, -0.2) is 19.8 Å². The molecule has 0 aromatic carbocycles. The highest BCUT2D eigenvalue weighted by atomic mass is 32.1. The first-order valence-corrected chi connectivity index (χ1v) is 4.97. The normalized spacial score (nSPS) is 10.5. The van der Waals surface area contributed by atoms with Gasteiger partial charge in [0.15, 0.2) is 0 Å². The Balaban J connectivity index is 2.15. The van der Waals surface area contributed by atoms with Gasteiger partial charge in [-0.1, -0.05) is 0 Å². The van der Waals surface area contributed by atoms with Gasteiger partial charge in [0.1, 0.15) is 0 Å². The summed E-state index contributed by atoms with van der Waals surface area (Å²) in [5.41, 5.74) is 5.29. The maximum atomic E-state index is 5.29. The van der Waals surface area contributed by atoms with Crippen LogP contribution >= 0.6 is 11.3 Å². The molecule has 2 N–H and O–H groups in total. The van der Waals surface area contributed by atoms with Crippen molar-refractivity contribution >= 4 is 11.3 Å². The second-order valence-electron chi connectivity index (χ2n) is 2.66. The van der Waals surface area contributed by atoms with Crippen LogP contribution in [0.3, 0.4) is 0 Å². The SMILES string of the molecule is Cc1ccc(CCOCCN)s1. The van der Waals surface area contributed by atoms with Gasteiger partial charge in [-0.15, -0.1) is 11.3 Å². The summed E-state index contributed by atoms with van der Waals surface area (Å²) in [7, 11) is 0. The molecular formula is C9H15NOS. The first-order chi connectivity index (χ1) is 5.83. The lowest BCUT2D eigenvalue weighted by Crippen LogP contribution is -2.09. The van der Waals surface area contributed by atoms with Crippen molar-refractivity contribution in [3.8, 4) is 0 Å². The second kappa shape index (κ2) is 5.30. The number of thiophene rings is 1. The van der Waals surface area contributed by atoms with Gasteiger partial charge in [0.2, 0.25) is 0 Å². The van der Waals surface area contributed by atoms with E-state index < -0.39 is 0 Å². The van der Waals surface area contributed by atoms with Gasteiger partial charge < -0.3 is 10.5 Å². The number of hydrogen-bond donors (Lipinski definition) is 1. The van der Waals surface area contributed by atoms with Crippen molar-refractivity contribution in [3.05, 3.63) is 21.9 Å². The van der Waals surface area contributed by atoms with Crippen LogP contribution in [0.25, 0.3) is 0 Å². The Hall–Kier alpha value is -0.380. The van der Waals surface area contributed by atoms with Gasteiger partial charge >= 0.3 is 0 Å². The molecule has 0 radical (unpaired) electrons. The zero-order chi connectivity index (χ0) is 8.81. The number of rotatable bonds is 5. The lowest BCUT2D eigenvalue weighted by molar-refractivity contribution is 0.145. The van der Waals surface area contributed by atoms with Gasteiger partial charge in [-0.3, -0.25) is 0 Å². The van der Waals surface area contributed by atoms with E-state index in [2.05, 4.69) is 19.1 Å². The zero-order valence-electron chi connectivity index (χ0n) is 7.38. The van der Waals surface area contributed by atoms with Gasteiger partial charge in [0.05, 0.1) is 13.2 Å². The maximum Gasteiger partial charge on any atom is 0.0588 e. The van der Waals surface area contributed by atoms with Gasteiger partial charge in [-0.2, -0.15) is 0 Å². The summed E-state index contributed by atoms with van der Waals surface area (Å²) in [6.07, 6.45) is 1.01. The predicted octanol–water partition coefficient (Wildman–Crippen LogP) is 1.57. The summed E-state index contributed by atoms with van der Waals surface area (Å²) in [5.74, 6) is 0. The Morgan fingerprint density at radius 1 is 1.42 bits per heavy atom. The van der Waals surface area contributed by atoms with E-state index in [1.165, 1.54) is 9.75 Å². The average Bonchev–Trinajstić information content (AvgIpc) is 2.45. The lowest BCUT2D eigenvalue weighted by atomic mass is 10.3. The highest BCUT2D eigenvalue weighted by molar-refractivity contribution is 7.11. The smallest absolute Gasteiger partial charge is 0.0588 e. The molecular weight excluding hydrogens is 170 g/mol. The van der Waals surface area contributed by atoms with Crippen molar-refractivity contribution in [2.75, 3.05) is 19.8 Å². The quantitative estimate of drug-likeness (QED) is 0.707. The Kier molecular flexibility index (Phi) is 4.29. The topological polar surface area (TPSA) is 35.2 Å². The minimum absolute atomic E-state index is 0.615. The molecule has 0 amide bonds. The lowest BCUT2D eigenvalue weighted by Gasteiger charge is -1.99. The molecule has 3 heteroatoms. The highest BCUT2D eigenvalue weighted by Crippen LogP contribution is 2.15. The standard InChI is InChI=1S/C9H15NOS/c1-8-2-3-9(12-8)4-6-11-7-5-10/h2-3H,4-7,10H2,1H3. The molecule has 0 aliphatic rings. The van der Waals surface area contributed by atoms with Crippen LogP contribution in [0.5, 0.6) is 0 Å². The van der Waals surface area contributed by atoms with Gasteiger partial charge in [0.25, 0.3) is 0 Å². The van der Waals surface area contributed by atoms with Gasteiger partial charge in [-0.05, 0) is 19.1 Å². The molecule has 1 rings (SSSR count). The van der Waals surface area contributed by atoms with E-state index in [0.717, 1.165) is 13.0 Å². The van der Waals surface area contributed by atoms with Crippen molar-refractivity contribution in [1.82, 2.24) is 0 Å². The number of aryl methyl sites for hydroxylation is 1. The summed E-state index contributed by atoms with van der Waals surface area (Å²) in [5, 5.41) is 0. The second-order valence-corrected chi connectivity index (χ2v) is 4.04. The first-order valence-electron chi connectivity index (χ1n) is 4.16. The Labute approximate surface area is 77.3 Å². The van der Waals surface area contributed by atoms with Crippen molar-refractivity contribution in [2.24, 2.45) is 5.73 Å². The summed E-state index contributed by atoms with van der Waals surface area (Å²) in [4.78, 5) is 2.76. The summed E-state index contributed by atoms with van der Waals surface area (Å²) in [6, 6.07) is 4.30. The van der Waals surface area contributed by atoms with Crippen LogP contribution in [0.1, 0.15) is 9.75 Å². The minimum Gasteiger partial charge on any atom is -0.380 e. The van der Waals surface area contributed by atoms with Crippen molar-refractivity contribution in [2.45, 2.75) is 13.3 Å². The molecule has 0 saturated heterocycles. The van der Waals surface area contributed by atoms with E-state index in [1.807, 2.05) is 11.3 Å². The minimum atomic E-state index is 0.615. The fourth-order valence-electron chi connectivity index (χ4n) is 0.978.